The van der Waals surface area contributed by atoms with E-state index in [0.717, 1.165) is 17.5 Å². The molecule has 0 fully saturated rings. The number of halogens is 2. The summed E-state index contributed by atoms with van der Waals surface area (Å²) in [6, 6.07) is 6.16. The number of esters is 1. The molecule has 0 saturated carbocycles. The highest BCUT2D eigenvalue weighted by molar-refractivity contribution is 9.10. The molecule has 4 nitrogen and oxygen atoms in total. The third-order valence-electron chi connectivity index (χ3n) is 3.78. The van der Waals surface area contributed by atoms with Crippen molar-refractivity contribution in [3.8, 4) is 0 Å². The van der Waals surface area contributed by atoms with Crippen molar-refractivity contribution in [3.05, 3.63) is 63.1 Å². The van der Waals surface area contributed by atoms with Crippen molar-refractivity contribution in [1.29, 1.82) is 0 Å². The Labute approximate surface area is 148 Å². The fraction of sp³-hybridized carbons (Fsp3) is 0.222. The Morgan fingerprint density at radius 3 is 2.62 bits per heavy atom. The van der Waals surface area contributed by atoms with E-state index in [9.17, 15) is 14.0 Å². The molecule has 0 atom stereocenters. The number of nitrogens with zero attached hydrogens (tertiary/aromatic N) is 1. The second kappa shape index (κ2) is 7.57. The van der Waals surface area contributed by atoms with Crippen molar-refractivity contribution in [2.45, 2.75) is 13.8 Å². The average molecular weight is 394 g/mol. The third-order valence-corrected chi connectivity index (χ3v) is 4.27. The van der Waals surface area contributed by atoms with Crippen molar-refractivity contribution in [2.75, 3.05) is 6.61 Å². The van der Waals surface area contributed by atoms with Crippen LogP contribution in [0.25, 0.3) is 6.08 Å². The van der Waals surface area contributed by atoms with Gasteiger partial charge in [0.25, 0.3) is 0 Å². The molecule has 0 saturated heterocycles. The van der Waals surface area contributed by atoms with Crippen molar-refractivity contribution < 1.29 is 18.7 Å². The Bertz CT molecular complexity index is 824. The summed E-state index contributed by atoms with van der Waals surface area (Å²) in [6.45, 7) is 3.37. The molecular weight excluding hydrogens is 377 g/mol. The molecule has 0 radical (unpaired) electrons. The molecular formula is C18H17BrFNO3. The maximum atomic E-state index is 13.6. The van der Waals surface area contributed by atoms with Gasteiger partial charge in [0.2, 0.25) is 5.78 Å². The monoisotopic (exact) mass is 393 g/mol. The Balaban J connectivity index is 1.98. The zero-order valence-electron chi connectivity index (χ0n) is 13.6. The quantitative estimate of drug-likeness (QED) is 0.438. The minimum absolute atomic E-state index is 0.252. The highest BCUT2D eigenvalue weighted by Gasteiger charge is 2.15. The molecule has 1 aromatic carbocycles. The van der Waals surface area contributed by atoms with E-state index in [0.29, 0.717) is 10.0 Å². The van der Waals surface area contributed by atoms with E-state index >= 15 is 0 Å². The normalized spacial score (nSPS) is 11.0. The molecule has 0 bridgehead atoms. The second-order valence-corrected chi connectivity index (χ2v) is 6.29. The van der Waals surface area contributed by atoms with Crippen LogP contribution in [0.15, 0.2) is 34.8 Å². The van der Waals surface area contributed by atoms with Gasteiger partial charge in [-0.05, 0) is 44.2 Å². The van der Waals surface area contributed by atoms with Gasteiger partial charge < -0.3 is 9.30 Å². The first-order valence-corrected chi connectivity index (χ1v) is 8.05. The Morgan fingerprint density at radius 2 is 2.00 bits per heavy atom. The molecule has 0 aliphatic carbocycles. The molecule has 0 aliphatic heterocycles. The molecule has 126 valence electrons. The lowest BCUT2D eigenvalue weighted by molar-refractivity contribution is -0.136. The molecule has 0 aliphatic rings. The van der Waals surface area contributed by atoms with Crippen LogP contribution in [0, 0.1) is 19.7 Å². The lowest BCUT2D eigenvalue weighted by Gasteiger charge is -2.03. The number of benzene rings is 1. The first-order valence-electron chi connectivity index (χ1n) is 7.25. The van der Waals surface area contributed by atoms with Crippen molar-refractivity contribution in [3.63, 3.8) is 0 Å². The number of carbonyl (C=O) groups excluding carboxylic acids is 2. The van der Waals surface area contributed by atoms with Gasteiger partial charge in [-0.1, -0.05) is 15.9 Å². The zero-order valence-corrected chi connectivity index (χ0v) is 15.2. The largest absolute Gasteiger partial charge is 0.454 e. The summed E-state index contributed by atoms with van der Waals surface area (Å²) in [5.41, 5.74) is 2.56. The van der Waals surface area contributed by atoms with Gasteiger partial charge in [-0.3, -0.25) is 4.79 Å². The number of ether oxygens (including phenoxy) is 1. The highest BCUT2D eigenvalue weighted by Crippen LogP contribution is 2.17. The second-order valence-electron chi connectivity index (χ2n) is 5.37. The van der Waals surface area contributed by atoms with E-state index in [1.165, 1.54) is 12.1 Å². The summed E-state index contributed by atoms with van der Waals surface area (Å²) in [4.78, 5) is 23.8. The summed E-state index contributed by atoms with van der Waals surface area (Å²) < 4.78 is 21.1. The topological polar surface area (TPSA) is 48.3 Å². The maximum Gasteiger partial charge on any atom is 0.331 e. The molecule has 0 N–H and O–H groups in total. The Kier molecular flexibility index (Phi) is 5.72. The molecule has 24 heavy (non-hydrogen) atoms. The van der Waals surface area contributed by atoms with Crippen LogP contribution in [0.3, 0.4) is 0 Å². The number of carbonyl (C=O) groups is 2. The van der Waals surface area contributed by atoms with Gasteiger partial charge in [-0.15, -0.1) is 0 Å². The summed E-state index contributed by atoms with van der Waals surface area (Å²) in [5, 5.41) is 0. The van der Waals surface area contributed by atoms with Gasteiger partial charge >= 0.3 is 5.97 Å². The van der Waals surface area contributed by atoms with Crippen LogP contribution in [0.4, 0.5) is 4.39 Å². The van der Waals surface area contributed by atoms with Gasteiger partial charge in [-0.2, -0.15) is 0 Å². The molecule has 1 aromatic heterocycles. The van der Waals surface area contributed by atoms with E-state index in [-0.39, 0.29) is 18.0 Å². The van der Waals surface area contributed by atoms with Crippen LogP contribution in [-0.4, -0.2) is 22.9 Å². The Morgan fingerprint density at radius 1 is 1.29 bits per heavy atom. The highest BCUT2D eigenvalue weighted by atomic mass is 79.9. The number of aromatic nitrogens is 1. The lowest BCUT2D eigenvalue weighted by Crippen LogP contribution is -2.13. The third kappa shape index (κ3) is 4.20. The molecule has 6 heteroatoms. The van der Waals surface area contributed by atoms with Crippen LogP contribution in [0.5, 0.6) is 0 Å². The number of hydrogen-bond donors (Lipinski definition) is 0. The number of ketones is 1. The van der Waals surface area contributed by atoms with Crippen LogP contribution < -0.4 is 0 Å². The van der Waals surface area contributed by atoms with E-state index < -0.39 is 11.8 Å². The Hall–Kier alpha value is -2.21. The summed E-state index contributed by atoms with van der Waals surface area (Å²) in [6.07, 6.45) is 2.41. The first-order chi connectivity index (χ1) is 11.3. The minimum Gasteiger partial charge on any atom is -0.454 e. The summed E-state index contributed by atoms with van der Waals surface area (Å²) in [7, 11) is 1.86. The minimum atomic E-state index is -0.701. The fourth-order valence-electron chi connectivity index (χ4n) is 2.20. The van der Waals surface area contributed by atoms with Crippen molar-refractivity contribution in [1.82, 2.24) is 4.57 Å². The maximum absolute atomic E-state index is 13.6. The SMILES string of the molecule is Cc1cc(C(=O)COC(=O)/C=C/c2cc(Br)ccc2F)c(C)n1C. The molecule has 2 rings (SSSR count). The van der Waals surface area contributed by atoms with E-state index in [1.54, 1.807) is 18.2 Å². The predicted molar refractivity (Wildman–Crippen MR) is 93.3 cm³/mol. The summed E-state index contributed by atoms with van der Waals surface area (Å²) in [5.74, 6) is -1.42. The standard InChI is InChI=1S/C18H17BrFNO3/c1-11-8-15(12(2)21(11)3)17(22)10-24-18(23)7-4-13-9-14(19)5-6-16(13)20/h4-9H,10H2,1-3H3/b7-4+. The number of hydrogen-bond acceptors (Lipinski definition) is 3. The molecule has 0 unspecified atom stereocenters. The van der Waals surface area contributed by atoms with E-state index in [4.69, 9.17) is 4.74 Å². The van der Waals surface area contributed by atoms with Crippen molar-refractivity contribution in [2.24, 2.45) is 7.05 Å². The fourth-order valence-corrected chi connectivity index (χ4v) is 2.58. The number of rotatable bonds is 5. The summed E-state index contributed by atoms with van der Waals surface area (Å²) >= 11 is 3.23. The predicted octanol–water partition coefficient (Wildman–Crippen LogP) is 3.98. The number of aryl methyl sites for hydroxylation is 1. The smallest absolute Gasteiger partial charge is 0.331 e. The van der Waals surface area contributed by atoms with Crippen LogP contribution in [-0.2, 0) is 16.6 Å². The molecule has 0 amide bonds. The van der Waals surface area contributed by atoms with E-state index in [2.05, 4.69) is 15.9 Å². The van der Waals surface area contributed by atoms with Crippen LogP contribution in [0.2, 0.25) is 0 Å². The van der Waals surface area contributed by atoms with Gasteiger partial charge in [0.15, 0.2) is 6.61 Å². The van der Waals surface area contributed by atoms with Gasteiger partial charge in [0.05, 0.1) is 0 Å². The van der Waals surface area contributed by atoms with Gasteiger partial charge in [0.1, 0.15) is 5.82 Å². The molecule has 1 heterocycles. The average Bonchev–Trinajstić information content (AvgIpc) is 2.81. The van der Waals surface area contributed by atoms with Crippen molar-refractivity contribution >= 4 is 33.8 Å². The lowest BCUT2D eigenvalue weighted by atomic mass is 10.1. The van der Waals surface area contributed by atoms with Crippen LogP contribution in [0.1, 0.15) is 27.3 Å². The van der Waals surface area contributed by atoms with Crippen LogP contribution >= 0.6 is 15.9 Å². The first kappa shape index (κ1) is 18.1. The zero-order chi connectivity index (χ0) is 17.9. The van der Waals surface area contributed by atoms with E-state index in [1.807, 2.05) is 25.5 Å². The molecule has 0 spiro atoms. The van der Waals surface area contributed by atoms with Gasteiger partial charge in [-0.25, -0.2) is 9.18 Å². The molecule has 2 aromatic rings. The van der Waals surface area contributed by atoms with Gasteiger partial charge in [0, 0.05) is 40.1 Å². The number of Topliss-reactive ketones (excluding diaryl/α,β-unsaturated/α-hetero) is 1.